The number of rotatable bonds is 7. The SMILES string of the molecule is CC(C)c1cccc(C(C)C)c1CC(=O)Nc1c(C(C)C)cccc1C(C)C. The van der Waals surface area contributed by atoms with Crippen LogP contribution in [0.15, 0.2) is 36.4 Å². The Labute approximate surface area is 171 Å². The van der Waals surface area contributed by atoms with E-state index in [1.807, 2.05) is 0 Å². The standard InChI is InChI=1S/C26H37NO/c1-16(2)20-11-9-12-21(17(3)4)24(20)15-25(28)27-26-22(18(5)6)13-10-14-23(26)19(7)8/h9-14,16-19H,15H2,1-8H3,(H,27,28). The molecule has 2 rings (SSSR count). The Bertz CT molecular complexity index is 695. The van der Waals surface area contributed by atoms with E-state index in [9.17, 15) is 4.79 Å². The molecule has 0 bridgehead atoms. The van der Waals surface area contributed by atoms with Crippen LogP contribution in [0.4, 0.5) is 5.69 Å². The number of benzene rings is 2. The highest BCUT2D eigenvalue weighted by atomic mass is 16.1. The predicted molar refractivity (Wildman–Crippen MR) is 122 cm³/mol. The van der Waals surface area contributed by atoms with Crippen LogP contribution in [0, 0.1) is 0 Å². The Balaban J connectivity index is 2.41. The first kappa shape index (κ1) is 22.2. The fourth-order valence-electron chi connectivity index (χ4n) is 3.95. The fourth-order valence-corrected chi connectivity index (χ4v) is 3.95. The fraction of sp³-hybridized carbons (Fsp3) is 0.500. The molecular formula is C26H37NO. The maximum atomic E-state index is 13.2. The van der Waals surface area contributed by atoms with Crippen LogP contribution < -0.4 is 5.32 Å². The number of anilines is 1. The van der Waals surface area contributed by atoms with E-state index < -0.39 is 0 Å². The molecule has 0 aliphatic rings. The van der Waals surface area contributed by atoms with Gasteiger partial charge in [-0.2, -0.15) is 0 Å². The van der Waals surface area contributed by atoms with Crippen LogP contribution in [-0.4, -0.2) is 5.91 Å². The highest BCUT2D eigenvalue weighted by Crippen LogP contribution is 2.33. The van der Waals surface area contributed by atoms with E-state index in [2.05, 4.69) is 97.1 Å². The number of amides is 1. The molecule has 0 saturated carbocycles. The summed E-state index contributed by atoms with van der Waals surface area (Å²) in [5, 5.41) is 3.28. The number of hydrogen-bond acceptors (Lipinski definition) is 1. The average molecular weight is 380 g/mol. The molecule has 2 aromatic rings. The van der Waals surface area contributed by atoms with Crippen LogP contribution in [0.1, 0.15) is 107 Å². The van der Waals surface area contributed by atoms with Gasteiger partial charge in [-0.15, -0.1) is 0 Å². The van der Waals surface area contributed by atoms with Crippen molar-refractivity contribution in [2.24, 2.45) is 0 Å². The third kappa shape index (κ3) is 5.04. The van der Waals surface area contributed by atoms with E-state index >= 15 is 0 Å². The van der Waals surface area contributed by atoms with Crippen molar-refractivity contribution < 1.29 is 4.79 Å². The summed E-state index contributed by atoms with van der Waals surface area (Å²) in [7, 11) is 0. The molecule has 0 atom stereocenters. The van der Waals surface area contributed by atoms with Crippen LogP contribution in [0.3, 0.4) is 0 Å². The van der Waals surface area contributed by atoms with Crippen LogP contribution >= 0.6 is 0 Å². The molecule has 0 aliphatic heterocycles. The molecule has 1 N–H and O–H groups in total. The molecule has 28 heavy (non-hydrogen) atoms. The number of nitrogens with one attached hydrogen (secondary N) is 1. The molecule has 2 aromatic carbocycles. The van der Waals surface area contributed by atoms with Gasteiger partial charge < -0.3 is 5.32 Å². The minimum absolute atomic E-state index is 0.0741. The second kappa shape index (κ2) is 9.41. The summed E-state index contributed by atoms with van der Waals surface area (Å²) in [5.41, 5.74) is 7.18. The third-order valence-corrected chi connectivity index (χ3v) is 5.47. The van der Waals surface area contributed by atoms with Gasteiger partial charge in [0.2, 0.25) is 5.91 Å². The van der Waals surface area contributed by atoms with Crippen molar-refractivity contribution in [3.63, 3.8) is 0 Å². The normalized spacial score (nSPS) is 11.7. The Morgan fingerprint density at radius 1 is 0.679 bits per heavy atom. The third-order valence-electron chi connectivity index (χ3n) is 5.47. The van der Waals surface area contributed by atoms with Crippen molar-refractivity contribution in [3.05, 3.63) is 64.2 Å². The van der Waals surface area contributed by atoms with Gasteiger partial charge in [-0.05, 0) is 51.5 Å². The van der Waals surface area contributed by atoms with Gasteiger partial charge in [-0.1, -0.05) is 91.8 Å². The number of carbonyl (C=O) groups excluding carboxylic acids is 1. The molecule has 0 unspecified atom stereocenters. The summed E-state index contributed by atoms with van der Waals surface area (Å²) < 4.78 is 0. The molecular weight excluding hydrogens is 342 g/mol. The van der Waals surface area contributed by atoms with Crippen LogP contribution in [-0.2, 0) is 11.2 Å². The summed E-state index contributed by atoms with van der Waals surface area (Å²) in [6.45, 7) is 17.5. The van der Waals surface area contributed by atoms with Gasteiger partial charge in [0, 0.05) is 5.69 Å². The average Bonchev–Trinajstić information content (AvgIpc) is 2.61. The van der Waals surface area contributed by atoms with E-state index in [-0.39, 0.29) is 5.91 Å². The first-order chi connectivity index (χ1) is 13.1. The lowest BCUT2D eigenvalue weighted by atomic mass is 9.87. The molecule has 0 aromatic heterocycles. The van der Waals surface area contributed by atoms with Crippen molar-refractivity contribution in [1.82, 2.24) is 0 Å². The van der Waals surface area contributed by atoms with E-state index in [1.165, 1.54) is 27.8 Å². The molecule has 0 radical (unpaired) electrons. The first-order valence-electron chi connectivity index (χ1n) is 10.7. The highest BCUT2D eigenvalue weighted by molar-refractivity contribution is 5.94. The Morgan fingerprint density at radius 3 is 1.39 bits per heavy atom. The van der Waals surface area contributed by atoms with Crippen molar-refractivity contribution in [2.75, 3.05) is 5.32 Å². The lowest BCUT2D eigenvalue weighted by molar-refractivity contribution is -0.115. The summed E-state index contributed by atoms with van der Waals surface area (Å²) in [6, 6.07) is 12.8. The number of para-hydroxylation sites is 1. The van der Waals surface area contributed by atoms with Gasteiger partial charge in [0.25, 0.3) is 0 Å². The van der Waals surface area contributed by atoms with Gasteiger partial charge in [-0.25, -0.2) is 0 Å². The van der Waals surface area contributed by atoms with Crippen LogP contribution in [0.5, 0.6) is 0 Å². The van der Waals surface area contributed by atoms with Gasteiger partial charge in [0.1, 0.15) is 0 Å². The maximum Gasteiger partial charge on any atom is 0.228 e. The summed E-state index contributed by atoms with van der Waals surface area (Å²) in [6.07, 6.45) is 0.422. The zero-order valence-electron chi connectivity index (χ0n) is 18.9. The Kier molecular flexibility index (Phi) is 7.46. The molecule has 0 spiro atoms. The van der Waals surface area contributed by atoms with E-state index in [0.29, 0.717) is 30.1 Å². The highest BCUT2D eigenvalue weighted by Gasteiger charge is 2.19. The second-order valence-electron chi connectivity index (χ2n) is 9.07. The number of carbonyl (C=O) groups is 1. The summed E-state index contributed by atoms with van der Waals surface area (Å²) in [5.74, 6) is 1.60. The number of hydrogen-bond donors (Lipinski definition) is 1. The quantitative estimate of drug-likeness (QED) is 0.535. The smallest absolute Gasteiger partial charge is 0.228 e. The zero-order chi connectivity index (χ0) is 21.0. The Morgan fingerprint density at radius 2 is 1.04 bits per heavy atom. The molecule has 0 saturated heterocycles. The van der Waals surface area contributed by atoms with Crippen molar-refractivity contribution >= 4 is 11.6 Å². The Hall–Kier alpha value is -2.09. The lowest BCUT2D eigenvalue weighted by Gasteiger charge is -2.22. The van der Waals surface area contributed by atoms with Gasteiger partial charge in [0.05, 0.1) is 6.42 Å². The van der Waals surface area contributed by atoms with Crippen molar-refractivity contribution in [2.45, 2.75) is 85.5 Å². The van der Waals surface area contributed by atoms with E-state index in [0.717, 1.165) is 5.69 Å². The van der Waals surface area contributed by atoms with Gasteiger partial charge in [0.15, 0.2) is 0 Å². The van der Waals surface area contributed by atoms with Gasteiger partial charge in [-0.3, -0.25) is 4.79 Å². The van der Waals surface area contributed by atoms with E-state index in [1.54, 1.807) is 0 Å². The largest absolute Gasteiger partial charge is 0.325 e. The summed E-state index contributed by atoms with van der Waals surface area (Å²) >= 11 is 0. The van der Waals surface area contributed by atoms with Crippen LogP contribution in [0.2, 0.25) is 0 Å². The second-order valence-corrected chi connectivity index (χ2v) is 9.07. The molecule has 1 amide bonds. The first-order valence-corrected chi connectivity index (χ1v) is 10.7. The lowest BCUT2D eigenvalue weighted by Crippen LogP contribution is -2.20. The molecule has 0 aliphatic carbocycles. The summed E-state index contributed by atoms with van der Waals surface area (Å²) in [4.78, 5) is 13.2. The predicted octanol–water partition coefficient (Wildman–Crippen LogP) is 7.36. The minimum Gasteiger partial charge on any atom is -0.325 e. The maximum absolute atomic E-state index is 13.2. The van der Waals surface area contributed by atoms with E-state index in [4.69, 9.17) is 0 Å². The van der Waals surface area contributed by atoms with Crippen LogP contribution in [0.25, 0.3) is 0 Å². The molecule has 0 fully saturated rings. The zero-order valence-corrected chi connectivity index (χ0v) is 18.9. The topological polar surface area (TPSA) is 29.1 Å². The monoisotopic (exact) mass is 379 g/mol. The minimum atomic E-state index is 0.0741. The molecule has 0 heterocycles. The van der Waals surface area contributed by atoms with Crippen molar-refractivity contribution in [1.29, 1.82) is 0 Å². The van der Waals surface area contributed by atoms with Gasteiger partial charge >= 0.3 is 0 Å². The molecule has 2 heteroatoms. The molecule has 152 valence electrons. The molecule has 2 nitrogen and oxygen atoms in total. The van der Waals surface area contributed by atoms with Crippen molar-refractivity contribution in [3.8, 4) is 0 Å².